The van der Waals surface area contributed by atoms with E-state index in [0.717, 1.165) is 19.3 Å². The van der Waals surface area contributed by atoms with Crippen molar-refractivity contribution in [3.05, 3.63) is 12.2 Å². The first-order chi connectivity index (χ1) is 12.2. The van der Waals surface area contributed by atoms with Crippen molar-refractivity contribution in [3.8, 4) is 0 Å². The van der Waals surface area contributed by atoms with E-state index in [1.165, 1.54) is 0 Å². The number of hydrogen-bond acceptors (Lipinski definition) is 5. The molecule has 4 saturated carbocycles. The van der Waals surface area contributed by atoms with E-state index in [2.05, 4.69) is 13.0 Å². The monoisotopic (exact) mass is 360 g/mol. The molecule has 5 aliphatic rings. The minimum absolute atomic E-state index is 0.00312. The molecule has 0 saturated heterocycles. The van der Waals surface area contributed by atoms with E-state index in [1.54, 1.807) is 6.08 Å². The maximum absolute atomic E-state index is 12.4. The van der Waals surface area contributed by atoms with Gasteiger partial charge in [-0.2, -0.15) is 0 Å². The summed E-state index contributed by atoms with van der Waals surface area (Å²) in [5, 5.41) is 31.7. The molecule has 0 amide bonds. The second kappa shape index (κ2) is 4.68. The number of aliphatic hydroxyl groups excluding tert-OH is 2. The first kappa shape index (κ1) is 17.1. The van der Waals surface area contributed by atoms with E-state index in [1.807, 2.05) is 6.92 Å². The molecule has 5 aliphatic carbocycles. The van der Waals surface area contributed by atoms with Crippen LogP contribution in [0, 0.1) is 39.9 Å². The Kier molecular flexibility index (Phi) is 3.07. The predicted octanol–water partition coefficient (Wildman–Crippen LogP) is 1.25. The van der Waals surface area contributed by atoms with Crippen LogP contribution in [-0.4, -0.2) is 45.2 Å². The van der Waals surface area contributed by atoms with Crippen LogP contribution < -0.4 is 0 Å². The summed E-state index contributed by atoms with van der Waals surface area (Å²) in [7, 11) is 0. The number of carbonyl (C=O) groups is 2. The van der Waals surface area contributed by atoms with Crippen molar-refractivity contribution in [2.24, 2.45) is 39.9 Å². The standard InChI is InChI=1S/C21H28O5/c1-18-9-14(24)16-11(12(18)4-8-21(18,26)15(25)10-22)3-6-20-7-5-13(23)17(20)19(16,20)2/h5,7,11-12,14,16-17,22,24,26H,3-4,6,8-10H2,1-2H3/t11-,12-,14-,16+,17?,18-,19+,20?,21-/m0/s1. The quantitative estimate of drug-likeness (QED) is 0.689. The van der Waals surface area contributed by atoms with Gasteiger partial charge in [-0.25, -0.2) is 0 Å². The zero-order valence-corrected chi connectivity index (χ0v) is 15.4. The highest BCUT2D eigenvalue weighted by Crippen LogP contribution is 2.84. The van der Waals surface area contributed by atoms with E-state index in [9.17, 15) is 24.9 Å². The van der Waals surface area contributed by atoms with Crippen molar-refractivity contribution < 1.29 is 24.9 Å². The third-order valence-electron chi connectivity index (χ3n) is 9.66. The topological polar surface area (TPSA) is 94.8 Å². The lowest BCUT2D eigenvalue weighted by Gasteiger charge is -2.56. The Bertz CT molecular complexity index is 745. The molecule has 0 aromatic rings. The molecule has 0 heterocycles. The number of Topliss-reactive ketones (excluding diaryl/α,β-unsaturated/α-hetero) is 1. The Morgan fingerprint density at radius 3 is 2.69 bits per heavy atom. The molecule has 5 heteroatoms. The molecule has 1 spiro atoms. The van der Waals surface area contributed by atoms with Gasteiger partial charge in [0.2, 0.25) is 0 Å². The lowest BCUT2D eigenvalue weighted by Crippen LogP contribution is -2.60. The molecule has 5 rings (SSSR count). The number of aliphatic hydroxyl groups is 3. The van der Waals surface area contributed by atoms with Crippen molar-refractivity contribution in [2.45, 2.75) is 57.7 Å². The van der Waals surface area contributed by atoms with Crippen LogP contribution in [0.25, 0.3) is 0 Å². The van der Waals surface area contributed by atoms with Gasteiger partial charge >= 0.3 is 0 Å². The molecule has 0 aliphatic heterocycles. The van der Waals surface area contributed by atoms with Crippen molar-refractivity contribution in [1.82, 2.24) is 0 Å². The number of ketones is 2. The van der Waals surface area contributed by atoms with E-state index in [0.29, 0.717) is 12.8 Å². The second-order valence-electron chi connectivity index (χ2n) is 10.00. The summed E-state index contributed by atoms with van der Waals surface area (Å²) in [4.78, 5) is 24.8. The second-order valence-corrected chi connectivity index (χ2v) is 10.00. The van der Waals surface area contributed by atoms with Crippen LogP contribution >= 0.6 is 0 Å². The molecule has 4 fully saturated rings. The van der Waals surface area contributed by atoms with Crippen LogP contribution in [0.1, 0.15) is 46.0 Å². The highest BCUT2D eigenvalue weighted by atomic mass is 16.3. The summed E-state index contributed by atoms with van der Waals surface area (Å²) in [6, 6.07) is 0. The smallest absolute Gasteiger partial charge is 0.190 e. The molecular formula is C21H28O5. The van der Waals surface area contributed by atoms with Gasteiger partial charge in [0.1, 0.15) is 12.2 Å². The lowest BCUT2D eigenvalue weighted by atomic mass is 9.49. The van der Waals surface area contributed by atoms with Crippen molar-refractivity contribution >= 4 is 11.6 Å². The SMILES string of the molecule is C[C@@]12C3C(=O)C=CC31CC[C@@H]1[C@@H]2[C@@H](O)C[C@@]2(C)[C@H]1CC[C@]2(O)C(=O)CO. The molecule has 2 unspecified atom stereocenters. The highest BCUT2D eigenvalue weighted by Gasteiger charge is 2.83. The van der Waals surface area contributed by atoms with Gasteiger partial charge in [0.05, 0.1) is 6.10 Å². The van der Waals surface area contributed by atoms with Gasteiger partial charge in [0.25, 0.3) is 0 Å². The van der Waals surface area contributed by atoms with E-state index < -0.39 is 29.5 Å². The van der Waals surface area contributed by atoms with Gasteiger partial charge in [-0.05, 0) is 61.3 Å². The molecule has 0 radical (unpaired) electrons. The minimum atomic E-state index is -1.55. The summed E-state index contributed by atoms with van der Waals surface area (Å²) >= 11 is 0. The lowest BCUT2D eigenvalue weighted by molar-refractivity contribution is -0.180. The maximum Gasteiger partial charge on any atom is 0.190 e. The number of hydrogen-bond donors (Lipinski definition) is 3. The largest absolute Gasteiger partial charge is 0.393 e. The molecule has 0 aromatic carbocycles. The van der Waals surface area contributed by atoms with Crippen molar-refractivity contribution in [1.29, 1.82) is 0 Å². The molecule has 142 valence electrons. The van der Waals surface area contributed by atoms with E-state index in [4.69, 9.17) is 0 Å². The van der Waals surface area contributed by atoms with Crippen LogP contribution in [0.4, 0.5) is 0 Å². The Morgan fingerprint density at radius 1 is 1.27 bits per heavy atom. The van der Waals surface area contributed by atoms with Gasteiger partial charge in [-0.15, -0.1) is 0 Å². The molecule has 5 nitrogen and oxygen atoms in total. The third kappa shape index (κ3) is 1.50. The van der Waals surface area contributed by atoms with Gasteiger partial charge in [-0.1, -0.05) is 19.9 Å². The maximum atomic E-state index is 12.4. The van der Waals surface area contributed by atoms with Crippen LogP contribution in [0.3, 0.4) is 0 Å². The Morgan fingerprint density at radius 2 is 2.00 bits per heavy atom. The summed E-state index contributed by atoms with van der Waals surface area (Å²) in [5.41, 5.74) is -2.53. The molecular weight excluding hydrogens is 332 g/mol. The van der Waals surface area contributed by atoms with Crippen LogP contribution in [0.15, 0.2) is 12.2 Å². The van der Waals surface area contributed by atoms with Crippen molar-refractivity contribution in [2.75, 3.05) is 6.61 Å². The first-order valence-corrected chi connectivity index (χ1v) is 9.95. The number of fused-ring (bicyclic) bond motifs is 5. The summed E-state index contributed by atoms with van der Waals surface area (Å²) in [6.45, 7) is 3.43. The molecule has 3 N–H and O–H groups in total. The van der Waals surface area contributed by atoms with Gasteiger partial charge in [0.15, 0.2) is 11.6 Å². The fourth-order valence-electron chi connectivity index (χ4n) is 8.50. The van der Waals surface area contributed by atoms with Crippen LogP contribution in [-0.2, 0) is 9.59 Å². The number of carbonyl (C=O) groups excluding carboxylic acids is 2. The Labute approximate surface area is 153 Å². The van der Waals surface area contributed by atoms with Gasteiger partial charge < -0.3 is 15.3 Å². The fraction of sp³-hybridized carbons (Fsp3) is 0.810. The molecule has 0 bridgehead atoms. The zero-order valence-electron chi connectivity index (χ0n) is 15.4. The first-order valence-electron chi connectivity index (χ1n) is 9.95. The molecule has 9 atom stereocenters. The summed E-state index contributed by atoms with van der Waals surface area (Å²) in [5.74, 6) is 0.0842. The van der Waals surface area contributed by atoms with Gasteiger partial charge in [0, 0.05) is 16.7 Å². The predicted molar refractivity (Wildman–Crippen MR) is 92.9 cm³/mol. The number of rotatable bonds is 2. The van der Waals surface area contributed by atoms with E-state index in [-0.39, 0.29) is 40.3 Å². The normalized spacial score (nSPS) is 59.4. The average Bonchev–Trinajstić information content (AvgIpc) is 2.79. The fourth-order valence-corrected chi connectivity index (χ4v) is 8.50. The molecule has 26 heavy (non-hydrogen) atoms. The number of allylic oxidation sites excluding steroid dienone is 2. The third-order valence-corrected chi connectivity index (χ3v) is 9.66. The Hall–Kier alpha value is -1.04. The molecule has 0 aromatic heterocycles. The summed E-state index contributed by atoms with van der Waals surface area (Å²) < 4.78 is 0. The van der Waals surface area contributed by atoms with Crippen LogP contribution in [0.2, 0.25) is 0 Å². The Balaban J connectivity index is 1.55. The average molecular weight is 360 g/mol. The van der Waals surface area contributed by atoms with Crippen molar-refractivity contribution in [3.63, 3.8) is 0 Å². The minimum Gasteiger partial charge on any atom is -0.393 e. The highest BCUT2D eigenvalue weighted by molar-refractivity contribution is 6.00. The van der Waals surface area contributed by atoms with Gasteiger partial charge in [-0.3, -0.25) is 9.59 Å². The zero-order chi connectivity index (χ0) is 18.7. The van der Waals surface area contributed by atoms with E-state index >= 15 is 0 Å². The van der Waals surface area contributed by atoms with Crippen LogP contribution in [0.5, 0.6) is 0 Å². The summed E-state index contributed by atoms with van der Waals surface area (Å²) in [6.07, 6.45) is 6.51.